The summed E-state index contributed by atoms with van der Waals surface area (Å²) in [6.07, 6.45) is 2.03. The maximum atomic E-state index is 12.0. The molecule has 2 heteroatoms. The van der Waals surface area contributed by atoms with E-state index in [1.807, 2.05) is 57.2 Å². The first kappa shape index (κ1) is 11.6. The van der Waals surface area contributed by atoms with Gasteiger partial charge in [0.2, 0.25) is 0 Å². The highest BCUT2D eigenvalue weighted by atomic mass is 16.2. The molecule has 2 nitrogen and oxygen atoms in total. The first-order valence-corrected chi connectivity index (χ1v) is 5.85. The van der Waals surface area contributed by atoms with E-state index in [4.69, 9.17) is 0 Å². The molecule has 2 rings (SSSR count). The number of carbonyl (C=O) groups is 1. The van der Waals surface area contributed by atoms with Crippen molar-refractivity contribution in [3.63, 3.8) is 0 Å². The van der Waals surface area contributed by atoms with Gasteiger partial charge in [-0.2, -0.15) is 0 Å². The molecule has 0 unspecified atom stereocenters. The van der Waals surface area contributed by atoms with Crippen molar-refractivity contribution in [2.45, 2.75) is 26.8 Å². The normalized spacial score (nSPS) is 21.8. The molecule has 1 amide bonds. The molecule has 1 aromatic carbocycles. The Labute approximate surface area is 102 Å². The average Bonchev–Trinajstić information content (AvgIpc) is 2.67. The Morgan fingerprint density at radius 2 is 1.88 bits per heavy atom. The fraction of sp³-hybridized carbons (Fsp3) is 0.267. The monoisotopic (exact) mass is 227 g/mol. The van der Waals surface area contributed by atoms with Gasteiger partial charge in [-0.15, -0.1) is 0 Å². The predicted octanol–water partition coefficient (Wildman–Crippen LogP) is 3.14. The second-order valence-corrected chi connectivity index (χ2v) is 4.44. The molecule has 1 aliphatic heterocycles. The Morgan fingerprint density at radius 3 is 2.41 bits per heavy atom. The molecule has 1 N–H and O–H groups in total. The number of nitrogens with one attached hydrogen (secondary N) is 1. The van der Waals surface area contributed by atoms with Crippen molar-refractivity contribution in [2.24, 2.45) is 0 Å². The maximum Gasteiger partial charge on any atom is 0.252 e. The summed E-state index contributed by atoms with van der Waals surface area (Å²) in [6, 6.07) is 10.1. The van der Waals surface area contributed by atoms with Crippen LogP contribution >= 0.6 is 0 Å². The lowest BCUT2D eigenvalue weighted by atomic mass is 9.95. The molecule has 1 fully saturated rings. The number of allylic oxidation sites excluding steroid dienone is 2. The number of hydrogen-bond acceptors (Lipinski definition) is 1. The zero-order chi connectivity index (χ0) is 12.4. The molecule has 0 spiro atoms. The van der Waals surface area contributed by atoms with Gasteiger partial charge in [-0.25, -0.2) is 0 Å². The summed E-state index contributed by atoms with van der Waals surface area (Å²) >= 11 is 0. The minimum absolute atomic E-state index is 0.00130. The van der Waals surface area contributed by atoms with Crippen molar-refractivity contribution in [3.05, 3.63) is 58.7 Å². The minimum atomic E-state index is -0.00130. The summed E-state index contributed by atoms with van der Waals surface area (Å²) in [4.78, 5) is 12.0. The van der Waals surface area contributed by atoms with Crippen LogP contribution in [-0.2, 0) is 4.79 Å². The average molecular weight is 227 g/mol. The van der Waals surface area contributed by atoms with Gasteiger partial charge in [-0.3, -0.25) is 4.79 Å². The second kappa shape index (κ2) is 4.58. The van der Waals surface area contributed by atoms with Gasteiger partial charge in [0.15, 0.2) is 0 Å². The van der Waals surface area contributed by atoms with Crippen LogP contribution in [0.2, 0.25) is 0 Å². The Bertz CT molecular complexity index is 493. The molecular weight excluding hydrogens is 210 g/mol. The van der Waals surface area contributed by atoms with Crippen molar-refractivity contribution in [1.29, 1.82) is 0 Å². The third kappa shape index (κ3) is 2.03. The van der Waals surface area contributed by atoms with Crippen molar-refractivity contribution in [2.75, 3.05) is 0 Å². The molecule has 0 aromatic heterocycles. The van der Waals surface area contributed by atoms with E-state index in [0.29, 0.717) is 0 Å². The summed E-state index contributed by atoms with van der Waals surface area (Å²) in [6.45, 7) is 5.94. The van der Waals surface area contributed by atoms with Crippen LogP contribution in [0.4, 0.5) is 0 Å². The molecule has 1 aromatic rings. The van der Waals surface area contributed by atoms with Gasteiger partial charge in [0.25, 0.3) is 5.91 Å². The fourth-order valence-electron chi connectivity index (χ4n) is 2.29. The standard InChI is InChI=1S/C15H17NO/c1-4-12-13(10(2)3)15(17)16-14(12)11-8-6-5-7-9-11/h4-9,14H,1-3H3,(H,16,17)/b12-4+/t14-/m1/s1. The summed E-state index contributed by atoms with van der Waals surface area (Å²) in [7, 11) is 0. The second-order valence-electron chi connectivity index (χ2n) is 4.44. The molecule has 0 aliphatic carbocycles. The fourth-order valence-corrected chi connectivity index (χ4v) is 2.29. The van der Waals surface area contributed by atoms with Crippen LogP contribution in [-0.4, -0.2) is 5.91 Å². The number of rotatable bonds is 1. The highest BCUT2D eigenvalue weighted by Crippen LogP contribution is 2.34. The zero-order valence-electron chi connectivity index (χ0n) is 10.4. The van der Waals surface area contributed by atoms with Crippen molar-refractivity contribution >= 4 is 5.91 Å². The Balaban J connectivity index is 2.47. The van der Waals surface area contributed by atoms with E-state index in [2.05, 4.69) is 5.32 Å². The van der Waals surface area contributed by atoms with E-state index < -0.39 is 0 Å². The third-order valence-electron chi connectivity index (χ3n) is 3.05. The molecule has 1 heterocycles. The maximum absolute atomic E-state index is 12.0. The highest BCUT2D eigenvalue weighted by molar-refractivity contribution is 6.02. The summed E-state index contributed by atoms with van der Waals surface area (Å²) in [5.74, 6) is 0.0342. The lowest BCUT2D eigenvalue weighted by Crippen LogP contribution is -2.19. The molecular formula is C15H17NO. The van der Waals surface area contributed by atoms with Crippen molar-refractivity contribution < 1.29 is 4.79 Å². The van der Waals surface area contributed by atoms with E-state index in [1.165, 1.54) is 0 Å². The van der Waals surface area contributed by atoms with E-state index in [0.717, 1.165) is 22.3 Å². The van der Waals surface area contributed by atoms with E-state index in [1.54, 1.807) is 0 Å². The lowest BCUT2D eigenvalue weighted by Gasteiger charge is -2.12. The molecule has 1 aliphatic rings. The third-order valence-corrected chi connectivity index (χ3v) is 3.05. The van der Waals surface area contributed by atoms with Gasteiger partial charge in [0.05, 0.1) is 6.04 Å². The Morgan fingerprint density at radius 1 is 1.24 bits per heavy atom. The van der Waals surface area contributed by atoms with Crippen LogP contribution in [0.25, 0.3) is 0 Å². The van der Waals surface area contributed by atoms with Gasteiger partial charge in [-0.1, -0.05) is 42.0 Å². The van der Waals surface area contributed by atoms with Gasteiger partial charge in [-0.05, 0) is 31.9 Å². The number of carbonyl (C=O) groups excluding carboxylic acids is 1. The van der Waals surface area contributed by atoms with Crippen LogP contribution in [0.3, 0.4) is 0 Å². The van der Waals surface area contributed by atoms with Gasteiger partial charge in [0.1, 0.15) is 0 Å². The van der Waals surface area contributed by atoms with Crippen LogP contribution in [0, 0.1) is 0 Å². The highest BCUT2D eigenvalue weighted by Gasteiger charge is 2.32. The van der Waals surface area contributed by atoms with E-state index in [-0.39, 0.29) is 11.9 Å². The summed E-state index contributed by atoms with van der Waals surface area (Å²) in [5, 5.41) is 3.04. The molecule has 0 bridgehead atoms. The van der Waals surface area contributed by atoms with E-state index in [9.17, 15) is 4.79 Å². The largest absolute Gasteiger partial charge is 0.341 e. The van der Waals surface area contributed by atoms with Gasteiger partial charge < -0.3 is 5.32 Å². The topological polar surface area (TPSA) is 29.1 Å². The zero-order valence-corrected chi connectivity index (χ0v) is 10.4. The Hall–Kier alpha value is -1.83. The molecule has 0 saturated carbocycles. The molecule has 17 heavy (non-hydrogen) atoms. The molecule has 88 valence electrons. The van der Waals surface area contributed by atoms with Crippen LogP contribution in [0.15, 0.2) is 53.1 Å². The van der Waals surface area contributed by atoms with Crippen LogP contribution in [0.1, 0.15) is 32.4 Å². The Kier molecular flexibility index (Phi) is 3.14. The molecule has 0 radical (unpaired) electrons. The first-order chi connectivity index (χ1) is 8.15. The van der Waals surface area contributed by atoms with Crippen LogP contribution < -0.4 is 5.32 Å². The van der Waals surface area contributed by atoms with Crippen LogP contribution in [0.5, 0.6) is 0 Å². The number of amides is 1. The minimum Gasteiger partial charge on any atom is -0.341 e. The van der Waals surface area contributed by atoms with Gasteiger partial charge in [0, 0.05) is 5.57 Å². The molecule has 1 atom stereocenters. The smallest absolute Gasteiger partial charge is 0.252 e. The quantitative estimate of drug-likeness (QED) is 0.734. The van der Waals surface area contributed by atoms with Gasteiger partial charge >= 0.3 is 0 Å². The first-order valence-electron chi connectivity index (χ1n) is 5.85. The number of hydrogen-bond donors (Lipinski definition) is 1. The van der Waals surface area contributed by atoms with Crippen molar-refractivity contribution in [3.8, 4) is 0 Å². The van der Waals surface area contributed by atoms with E-state index >= 15 is 0 Å². The summed E-state index contributed by atoms with van der Waals surface area (Å²) in [5.41, 5.74) is 4.11. The number of benzene rings is 1. The predicted molar refractivity (Wildman–Crippen MR) is 69.5 cm³/mol. The molecule has 1 saturated heterocycles. The SMILES string of the molecule is C/C=C1\C(=C(C)C)C(=O)N[C@@H]1c1ccccc1. The lowest BCUT2D eigenvalue weighted by molar-refractivity contribution is -0.116. The summed E-state index contributed by atoms with van der Waals surface area (Å²) < 4.78 is 0. The van der Waals surface area contributed by atoms with Crippen molar-refractivity contribution in [1.82, 2.24) is 5.32 Å².